The Bertz CT molecular complexity index is 117. The maximum Gasteiger partial charge on any atom is 0.0465 e. The van der Waals surface area contributed by atoms with Crippen LogP contribution in [-0.2, 0) is 0 Å². The van der Waals surface area contributed by atoms with Crippen molar-refractivity contribution in [2.45, 2.75) is 13.3 Å². The normalized spacial score (nSPS) is 10.9. The summed E-state index contributed by atoms with van der Waals surface area (Å²) < 4.78 is 0. The lowest BCUT2D eigenvalue weighted by Crippen LogP contribution is -1.77. The van der Waals surface area contributed by atoms with Crippen LogP contribution < -0.4 is 0 Å². The summed E-state index contributed by atoms with van der Waals surface area (Å²) >= 11 is 0. The summed E-state index contributed by atoms with van der Waals surface area (Å²) in [6, 6.07) is 0. The topological polar surface area (TPSA) is 20.2 Å². The maximum atomic E-state index is 8.30. The third kappa shape index (κ3) is 3.45. The lowest BCUT2D eigenvalue weighted by atomic mass is 10.2. The molecule has 0 aromatic rings. The van der Waals surface area contributed by atoms with E-state index in [1.54, 1.807) is 0 Å². The van der Waals surface area contributed by atoms with E-state index in [9.17, 15) is 0 Å². The molecule has 0 rings (SSSR count). The smallest absolute Gasteiger partial charge is 0.0465 e. The van der Waals surface area contributed by atoms with Crippen LogP contribution in [0.2, 0.25) is 0 Å². The van der Waals surface area contributed by atoms with Crippen LogP contribution in [0, 0.1) is 12.3 Å². The van der Waals surface area contributed by atoms with Crippen molar-refractivity contribution in [2.24, 2.45) is 0 Å². The van der Waals surface area contributed by atoms with Crippen LogP contribution in [0.4, 0.5) is 0 Å². The van der Waals surface area contributed by atoms with Gasteiger partial charge in [0.2, 0.25) is 0 Å². The van der Waals surface area contributed by atoms with E-state index < -0.39 is 0 Å². The highest BCUT2D eigenvalue weighted by Gasteiger charge is 1.77. The van der Waals surface area contributed by atoms with Gasteiger partial charge in [-0.3, -0.25) is 0 Å². The van der Waals surface area contributed by atoms with Gasteiger partial charge in [0.05, 0.1) is 0 Å². The van der Waals surface area contributed by atoms with Crippen molar-refractivity contribution in [3.63, 3.8) is 0 Å². The molecule has 0 saturated heterocycles. The fourth-order valence-electron chi connectivity index (χ4n) is 0.340. The third-order valence-corrected chi connectivity index (χ3v) is 0.807. The molecule has 0 heterocycles. The molecule has 0 aromatic heterocycles. The number of hydrogen-bond donors (Lipinski definition) is 1. The molecule has 1 heteroatoms. The Kier molecular flexibility index (Phi) is 4.01. The zero-order valence-corrected chi connectivity index (χ0v) is 5.02. The zero-order chi connectivity index (χ0) is 6.41. The Morgan fingerprint density at radius 2 is 2.50 bits per heavy atom. The van der Waals surface area contributed by atoms with Crippen molar-refractivity contribution >= 4 is 0 Å². The van der Waals surface area contributed by atoms with Gasteiger partial charge in [0.1, 0.15) is 0 Å². The molecule has 0 aliphatic carbocycles. The fourth-order valence-corrected chi connectivity index (χ4v) is 0.340. The Hall–Kier alpha value is -0.740. The summed E-state index contributed by atoms with van der Waals surface area (Å²) in [6.45, 7) is 2.02. The van der Waals surface area contributed by atoms with Crippen molar-refractivity contribution in [1.29, 1.82) is 0 Å². The molecule has 8 heavy (non-hydrogen) atoms. The van der Waals surface area contributed by atoms with Crippen molar-refractivity contribution in [3.8, 4) is 12.3 Å². The Morgan fingerprint density at radius 3 is 2.88 bits per heavy atom. The fraction of sp³-hybridized carbons (Fsp3) is 0.429. The number of allylic oxidation sites excluding steroid dienone is 1. The van der Waals surface area contributed by atoms with E-state index >= 15 is 0 Å². The summed E-state index contributed by atoms with van der Waals surface area (Å²) in [7, 11) is 0. The van der Waals surface area contributed by atoms with Gasteiger partial charge in [-0.1, -0.05) is 12.0 Å². The molecule has 0 fully saturated rings. The second kappa shape index (κ2) is 4.42. The average Bonchev–Trinajstić information content (AvgIpc) is 1.83. The van der Waals surface area contributed by atoms with Crippen LogP contribution in [0.15, 0.2) is 11.6 Å². The number of aliphatic hydroxyl groups excluding tert-OH is 1. The second-order valence-corrected chi connectivity index (χ2v) is 1.54. The average molecular weight is 110 g/mol. The van der Waals surface area contributed by atoms with Gasteiger partial charge in [0.25, 0.3) is 0 Å². The molecular weight excluding hydrogens is 100 g/mol. The van der Waals surface area contributed by atoms with E-state index in [2.05, 4.69) is 5.92 Å². The van der Waals surface area contributed by atoms with E-state index in [-0.39, 0.29) is 6.61 Å². The molecule has 1 N–H and O–H groups in total. The molecule has 1 nitrogen and oxygen atoms in total. The first-order chi connectivity index (χ1) is 3.81. The summed E-state index contributed by atoms with van der Waals surface area (Å²) in [5.41, 5.74) is 0.888. The predicted molar refractivity (Wildman–Crippen MR) is 34.3 cm³/mol. The first-order valence-corrected chi connectivity index (χ1v) is 2.55. The van der Waals surface area contributed by atoms with Gasteiger partial charge in [0, 0.05) is 6.61 Å². The Labute approximate surface area is 50.0 Å². The van der Waals surface area contributed by atoms with Crippen LogP contribution in [0.25, 0.3) is 0 Å². The van der Waals surface area contributed by atoms with Gasteiger partial charge in [0.15, 0.2) is 0 Å². The van der Waals surface area contributed by atoms with Gasteiger partial charge in [-0.05, 0) is 18.9 Å². The Morgan fingerprint density at radius 1 is 1.88 bits per heavy atom. The molecule has 44 valence electrons. The van der Waals surface area contributed by atoms with E-state index in [0.717, 1.165) is 5.57 Å². The van der Waals surface area contributed by atoms with Crippen LogP contribution >= 0.6 is 0 Å². The van der Waals surface area contributed by atoms with Crippen LogP contribution in [0.5, 0.6) is 0 Å². The Balaban J connectivity index is 3.46. The van der Waals surface area contributed by atoms with Crippen LogP contribution in [0.3, 0.4) is 0 Å². The van der Waals surface area contributed by atoms with Crippen LogP contribution in [-0.4, -0.2) is 11.7 Å². The lowest BCUT2D eigenvalue weighted by Gasteiger charge is -1.84. The first-order valence-electron chi connectivity index (χ1n) is 2.55. The van der Waals surface area contributed by atoms with E-state index in [1.165, 1.54) is 0 Å². The minimum absolute atomic E-state index is 0.180. The number of terminal acetylenes is 1. The lowest BCUT2D eigenvalue weighted by molar-refractivity contribution is 0.302. The first kappa shape index (κ1) is 7.26. The van der Waals surface area contributed by atoms with Gasteiger partial charge in [-0.2, -0.15) is 0 Å². The van der Waals surface area contributed by atoms with E-state index in [1.807, 2.05) is 13.0 Å². The van der Waals surface area contributed by atoms with Crippen molar-refractivity contribution < 1.29 is 5.11 Å². The van der Waals surface area contributed by atoms with Crippen molar-refractivity contribution in [2.75, 3.05) is 6.61 Å². The number of rotatable bonds is 2. The van der Waals surface area contributed by atoms with Crippen molar-refractivity contribution in [1.82, 2.24) is 0 Å². The molecule has 0 radical (unpaired) electrons. The number of hydrogen-bond acceptors (Lipinski definition) is 1. The van der Waals surface area contributed by atoms with Gasteiger partial charge in [-0.15, -0.1) is 6.42 Å². The zero-order valence-electron chi connectivity index (χ0n) is 5.02. The molecular formula is C7H10O. The molecule has 0 aliphatic rings. The largest absolute Gasteiger partial charge is 0.396 e. The SMILES string of the molecule is C#C/C(C)=C/CCO. The molecule has 0 spiro atoms. The third-order valence-electron chi connectivity index (χ3n) is 0.807. The highest BCUT2D eigenvalue weighted by Crippen LogP contribution is 1.90. The van der Waals surface area contributed by atoms with Crippen LogP contribution in [0.1, 0.15) is 13.3 Å². The monoisotopic (exact) mass is 110 g/mol. The molecule has 0 saturated carbocycles. The van der Waals surface area contributed by atoms with Crippen molar-refractivity contribution in [3.05, 3.63) is 11.6 Å². The summed E-state index contributed by atoms with van der Waals surface area (Å²) in [4.78, 5) is 0. The summed E-state index contributed by atoms with van der Waals surface area (Å²) in [6.07, 6.45) is 7.51. The molecule has 0 amide bonds. The molecule has 0 bridgehead atoms. The molecule has 0 unspecified atom stereocenters. The molecule has 0 aliphatic heterocycles. The van der Waals surface area contributed by atoms with Gasteiger partial charge >= 0.3 is 0 Å². The van der Waals surface area contributed by atoms with Gasteiger partial charge < -0.3 is 5.11 Å². The predicted octanol–water partition coefficient (Wildman–Crippen LogP) is 0.948. The van der Waals surface area contributed by atoms with E-state index in [0.29, 0.717) is 6.42 Å². The summed E-state index contributed by atoms with van der Waals surface area (Å²) in [5, 5.41) is 8.30. The standard InChI is InChI=1S/C7H10O/c1-3-7(2)5-4-6-8/h1,5,8H,4,6H2,2H3/b7-5+. The van der Waals surface area contributed by atoms with Gasteiger partial charge in [-0.25, -0.2) is 0 Å². The maximum absolute atomic E-state index is 8.30. The molecule has 0 atom stereocenters. The quantitative estimate of drug-likeness (QED) is 0.525. The minimum atomic E-state index is 0.180. The van der Waals surface area contributed by atoms with E-state index in [4.69, 9.17) is 11.5 Å². The highest BCUT2D eigenvalue weighted by molar-refractivity contribution is 5.21. The highest BCUT2D eigenvalue weighted by atomic mass is 16.2. The molecule has 0 aromatic carbocycles. The summed E-state index contributed by atoms with van der Waals surface area (Å²) in [5.74, 6) is 2.45. The minimum Gasteiger partial charge on any atom is -0.396 e. The second-order valence-electron chi connectivity index (χ2n) is 1.54. The number of aliphatic hydroxyl groups is 1.